The van der Waals surface area contributed by atoms with Crippen LogP contribution in [0.25, 0.3) is 10.2 Å². The molecule has 0 saturated heterocycles. The van der Waals surface area contributed by atoms with Gasteiger partial charge >= 0.3 is 0 Å². The summed E-state index contributed by atoms with van der Waals surface area (Å²) in [5.74, 6) is -0.181. The first-order chi connectivity index (χ1) is 12.0. The van der Waals surface area contributed by atoms with Crippen molar-refractivity contribution in [3.8, 4) is 0 Å². The van der Waals surface area contributed by atoms with Crippen molar-refractivity contribution in [2.45, 2.75) is 12.1 Å². The Labute approximate surface area is 151 Å². The lowest BCUT2D eigenvalue weighted by molar-refractivity contribution is -0.113. The Hall–Kier alpha value is -2.45. The van der Waals surface area contributed by atoms with Gasteiger partial charge in [-0.2, -0.15) is 0 Å². The second-order valence-electron chi connectivity index (χ2n) is 5.37. The molecule has 0 spiro atoms. The number of thiophene rings is 1. The molecule has 0 aliphatic carbocycles. The predicted octanol–water partition coefficient (Wildman–Crippen LogP) is 2.93. The van der Waals surface area contributed by atoms with Crippen molar-refractivity contribution in [2.75, 3.05) is 11.1 Å². The van der Waals surface area contributed by atoms with Crippen molar-refractivity contribution >= 4 is 50.7 Å². The van der Waals surface area contributed by atoms with E-state index in [-0.39, 0.29) is 23.0 Å². The van der Waals surface area contributed by atoms with E-state index >= 15 is 0 Å². The second kappa shape index (κ2) is 7.20. The monoisotopic (exact) mass is 373 g/mol. The van der Waals surface area contributed by atoms with Crippen LogP contribution >= 0.6 is 23.1 Å². The zero-order chi connectivity index (χ0) is 18.0. The Kier molecular flexibility index (Phi) is 5.00. The number of carbonyl (C=O) groups excluding carboxylic acids is 2. The number of ketones is 1. The van der Waals surface area contributed by atoms with Gasteiger partial charge in [-0.05, 0) is 30.5 Å². The Morgan fingerprint density at radius 2 is 2.12 bits per heavy atom. The summed E-state index contributed by atoms with van der Waals surface area (Å²) in [5.41, 5.74) is 1.63. The van der Waals surface area contributed by atoms with E-state index in [2.05, 4.69) is 10.3 Å². The quantitative estimate of drug-likeness (QED) is 0.422. The summed E-state index contributed by atoms with van der Waals surface area (Å²) in [6.45, 7) is 1.48. The molecule has 1 N–H and O–H groups in total. The molecule has 6 nitrogen and oxygen atoms in total. The topological polar surface area (TPSA) is 81.1 Å². The molecule has 2 heterocycles. The third-order valence-electron chi connectivity index (χ3n) is 3.53. The Balaban J connectivity index is 1.70. The van der Waals surface area contributed by atoms with Gasteiger partial charge < -0.3 is 5.32 Å². The summed E-state index contributed by atoms with van der Waals surface area (Å²) >= 11 is 2.55. The Morgan fingerprint density at radius 1 is 1.32 bits per heavy atom. The number of rotatable bonds is 5. The molecule has 2 aromatic heterocycles. The van der Waals surface area contributed by atoms with Gasteiger partial charge in [0.1, 0.15) is 4.70 Å². The van der Waals surface area contributed by atoms with Crippen LogP contribution in [0.5, 0.6) is 0 Å². The number of hydrogen-bond acceptors (Lipinski definition) is 6. The van der Waals surface area contributed by atoms with Gasteiger partial charge in [-0.15, -0.1) is 11.3 Å². The second-order valence-corrected chi connectivity index (χ2v) is 7.23. The minimum atomic E-state index is -0.231. The molecular weight excluding hydrogens is 358 g/mol. The summed E-state index contributed by atoms with van der Waals surface area (Å²) in [4.78, 5) is 40.2. The number of nitrogens with one attached hydrogen (secondary N) is 1. The fraction of sp³-hybridized carbons (Fsp3) is 0.176. The molecule has 25 heavy (non-hydrogen) atoms. The molecule has 0 bridgehead atoms. The van der Waals surface area contributed by atoms with Crippen LogP contribution in [0.15, 0.2) is 45.7 Å². The van der Waals surface area contributed by atoms with Crippen molar-refractivity contribution in [2.24, 2.45) is 7.05 Å². The van der Waals surface area contributed by atoms with Crippen LogP contribution in [0.2, 0.25) is 0 Å². The Bertz CT molecular complexity index is 1020. The third kappa shape index (κ3) is 3.80. The molecule has 0 saturated carbocycles. The standard InChI is InChI=1S/C17H15N3O3S2/c1-10(21)11-4-3-5-12(8-11)18-14(22)9-25-17-19-13-6-7-24-15(13)16(23)20(17)2/h3-8H,9H2,1-2H3,(H,18,22). The Morgan fingerprint density at radius 3 is 2.88 bits per heavy atom. The number of amides is 1. The molecule has 0 unspecified atom stereocenters. The molecule has 0 atom stereocenters. The molecule has 0 radical (unpaired) electrons. The molecule has 0 fully saturated rings. The van der Waals surface area contributed by atoms with Crippen LogP contribution in [0.3, 0.4) is 0 Å². The fourth-order valence-electron chi connectivity index (χ4n) is 2.24. The van der Waals surface area contributed by atoms with Crippen LogP contribution in [0.1, 0.15) is 17.3 Å². The first kappa shape index (κ1) is 17.4. The first-order valence-corrected chi connectivity index (χ1v) is 9.30. The van der Waals surface area contributed by atoms with Gasteiger partial charge in [-0.3, -0.25) is 19.0 Å². The summed E-state index contributed by atoms with van der Waals surface area (Å²) in [6.07, 6.45) is 0. The molecule has 1 aromatic carbocycles. The van der Waals surface area contributed by atoms with Gasteiger partial charge in [-0.1, -0.05) is 23.9 Å². The highest BCUT2D eigenvalue weighted by molar-refractivity contribution is 7.99. The maximum atomic E-state index is 12.2. The molecule has 1 amide bonds. The average molecular weight is 373 g/mol. The summed E-state index contributed by atoms with van der Waals surface area (Å²) < 4.78 is 2.06. The zero-order valence-corrected chi connectivity index (χ0v) is 15.2. The maximum Gasteiger partial charge on any atom is 0.271 e. The third-order valence-corrected chi connectivity index (χ3v) is 5.45. The first-order valence-electron chi connectivity index (χ1n) is 7.43. The molecule has 0 aliphatic heterocycles. The van der Waals surface area contributed by atoms with Gasteiger partial charge in [0.15, 0.2) is 10.9 Å². The molecule has 0 aliphatic rings. The van der Waals surface area contributed by atoms with Crippen LogP contribution < -0.4 is 10.9 Å². The lowest BCUT2D eigenvalue weighted by atomic mass is 10.1. The minimum absolute atomic E-state index is 0.0614. The van der Waals surface area contributed by atoms with E-state index < -0.39 is 0 Å². The highest BCUT2D eigenvalue weighted by atomic mass is 32.2. The molecular formula is C17H15N3O3S2. The van der Waals surface area contributed by atoms with Crippen molar-refractivity contribution in [1.82, 2.24) is 9.55 Å². The predicted molar refractivity (Wildman–Crippen MR) is 101 cm³/mol. The van der Waals surface area contributed by atoms with Gasteiger partial charge in [-0.25, -0.2) is 4.98 Å². The van der Waals surface area contributed by atoms with Gasteiger partial charge in [0.25, 0.3) is 5.56 Å². The van der Waals surface area contributed by atoms with Crippen LogP contribution in [-0.2, 0) is 11.8 Å². The van der Waals surface area contributed by atoms with E-state index in [1.807, 2.05) is 5.38 Å². The highest BCUT2D eigenvalue weighted by Gasteiger charge is 2.12. The van der Waals surface area contributed by atoms with E-state index in [0.717, 1.165) is 0 Å². The van der Waals surface area contributed by atoms with Crippen molar-refractivity contribution < 1.29 is 9.59 Å². The molecule has 3 aromatic rings. The summed E-state index contributed by atoms with van der Waals surface area (Å²) in [6, 6.07) is 8.56. The lowest BCUT2D eigenvalue weighted by Gasteiger charge is -2.08. The van der Waals surface area contributed by atoms with Gasteiger partial charge in [0.2, 0.25) is 5.91 Å². The maximum absolute atomic E-state index is 12.2. The summed E-state index contributed by atoms with van der Waals surface area (Å²) in [7, 11) is 1.64. The van der Waals surface area contributed by atoms with Crippen LogP contribution in [0.4, 0.5) is 5.69 Å². The SMILES string of the molecule is CC(=O)c1cccc(NC(=O)CSc2nc3ccsc3c(=O)n2C)c1. The number of fused-ring (bicyclic) bond motifs is 1. The zero-order valence-electron chi connectivity index (χ0n) is 13.6. The number of carbonyl (C=O) groups is 2. The number of nitrogens with zero attached hydrogens (tertiary/aromatic N) is 2. The molecule has 128 valence electrons. The highest BCUT2D eigenvalue weighted by Crippen LogP contribution is 2.20. The van der Waals surface area contributed by atoms with Crippen LogP contribution in [-0.4, -0.2) is 27.0 Å². The van der Waals surface area contributed by atoms with Gasteiger partial charge in [0.05, 0.1) is 11.3 Å². The fourth-order valence-corrected chi connectivity index (χ4v) is 3.82. The number of anilines is 1. The van der Waals surface area contributed by atoms with E-state index in [1.165, 1.54) is 34.6 Å². The number of aromatic nitrogens is 2. The average Bonchev–Trinajstić information content (AvgIpc) is 3.05. The number of thioether (sulfide) groups is 1. The number of Topliss-reactive ketones (excluding diaryl/α,β-unsaturated/α-hetero) is 1. The lowest BCUT2D eigenvalue weighted by Crippen LogP contribution is -2.20. The van der Waals surface area contributed by atoms with Crippen LogP contribution in [0, 0.1) is 0 Å². The molecule has 8 heteroatoms. The smallest absolute Gasteiger partial charge is 0.271 e. The van der Waals surface area contributed by atoms with Crippen molar-refractivity contribution in [3.05, 3.63) is 51.6 Å². The molecule has 3 rings (SSSR count). The number of benzene rings is 1. The largest absolute Gasteiger partial charge is 0.325 e. The van der Waals surface area contributed by atoms with Crippen molar-refractivity contribution in [3.63, 3.8) is 0 Å². The van der Waals surface area contributed by atoms with E-state index in [0.29, 0.717) is 26.6 Å². The summed E-state index contributed by atoms with van der Waals surface area (Å²) in [5, 5.41) is 5.06. The van der Waals surface area contributed by atoms with E-state index in [4.69, 9.17) is 0 Å². The normalized spacial score (nSPS) is 10.8. The van der Waals surface area contributed by atoms with E-state index in [1.54, 1.807) is 37.4 Å². The van der Waals surface area contributed by atoms with E-state index in [9.17, 15) is 14.4 Å². The van der Waals surface area contributed by atoms with Gasteiger partial charge in [0, 0.05) is 18.3 Å². The number of hydrogen-bond donors (Lipinski definition) is 1. The van der Waals surface area contributed by atoms with Crippen molar-refractivity contribution in [1.29, 1.82) is 0 Å². The minimum Gasteiger partial charge on any atom is -0.325 e.